The molecular formula is C30H22F6N2O2. The number of pyridine rings is 1. The molecule has 40 heavy (non-hydrogen) atoms. The Labute approximate surface area is 225 Å². The number of carbonyl (C=O) groups is 1. The number of amides is 1. The molecule has 1 unspecified atom stereocenters. The van der Waals surface area contributed by atoms with Crippen molar-refractivity contribution in [3.63, 3.8) is 0 Å². The highest BCUT2D eigenvalue weighted by molar-refractivity contribution is 6.03. The van der Waals surface area contributed by atoms with Gasteiger partial charge < -0.3 is 9.64 Å². The summed E-state index contributed by atoms with van der Waals surface area (Å²) in [7, 11) is 0. The number of hydrogen-bond acceptors (Lipinski definition) is 3. The summed E-state index contributed by atoms with van der Waals surface area (Å²) in [4.78, 5) is 19.5. The summed E-state index contributed by atoms with van der Waals surface area (Å²) >= 11 is 0. The Morgan fingerprint density at radius 1 is 0.950 bits per heavy atom. The Hall–Kier alpha value is -4.34. The lowest BCUT2D eigenvalue weighted by Crippen LogP contribution is -2.51. The van der Waals surface area contributed by atoms with Crippen molar-refractivity contribution in [1.29, 1.82) is 0 Å². The van der Waals surface area contributed by atoms with E-state index >= 15 is 0 Å². The van der Waals surface area contributed by atoms with Gasteiger partial charge in [0, 0.05) is 24.1 Å². The van der Waals surface area contributed by atoms with E-state index in [0.717, 1.165) is 6.07 Å². The van der Waals surface area contributed by atoms with E-state index in [-0.39, 0.29) is 24.3 Å². The molecule has 0 N–H and O–H groups in total. The van der Waals surface area contributed by atoms with Gasteiger partial charge in [0.25, 0.3) is 0 Å². The highest BCUT2D eigenvalue weighted by Gasteiger charge is 2.45. The van der Waals surface area contributed by atoms with Gasteiger partial charge in [-0.25, -0.2) is 13.2 Å². The summed E-state index contributed by atoms with van der Waals surface area (Å²) in [6, 6.07) is 15.9. The molecule has 1 aromatic heterocycles. The standard InChI is InChI=1S/C30H22F6N2O2/c1-29(15-21-11-22(31)14-26(32)27(21)33)25-13-19(18-3-2-4-24(12-18)40-17-30(34,35)36)5-6-20(25)16-38(28(29)39)23-7-9-37-10-8-23/h2-14H,15-17H2,1H3. The average Bonchev–Trinajstić information content (AvgIpc) is 2.92. The fourth-order valence-corrected chi connectivity index (χ4v) is 5.02. The molecule has 0 saturated heterocycles. The van der Waals surface area contributed by atoms with Crippen molar-refractivity contribution in [3.8, 4) is 16.9 Å². The highest BCUT2D eigenvalue weighted by atomic mass is 19.4. The van der Waals surface area contributed by atoms with E-state index in [0.29, 0.717) is 34.0 Å². The third-order valence-electron chi connectivity index (χ3n) is 6.91. The number of alkyl halides is 3. The predicted octanol–water partition coefficient (Wildman–Crippen LogP) is 7.15. The van der Waals surface area contributed by atoms with Gasteiger partial charge in [-0.3, -0.25) is 9.78 Å². The summed E-state index contributed by atoms with van der Waals surface area (Å²) in [6.45, 7) is 0.299. The van der Waals surface area contributed by atoms with E-state index < -0.39 is 41.6 Å². The van der Waals surface area contributed by atoms with Gasteiger partial charge in [0.1, 0.15) is 11.6 Å². The summed E-state index contributed by atoms with van der Waals surface area (Å²) in [6.07, 6.45) is -1.81. The molecule has 5 rings (SSSR count). The highest BCUT2D eigenvalue weighted by Crippen LogP contribution is 2.42. The summed E-state index contributed by atoms with van der Waals surface area (Å²) < 4.78 is 85.8. The zero-order valence-corrected chi connectivity index (χ0v) is 21.1. The Morgan fingerprint density at radius 2 is 1.68 bits per heavy atom. The quantitative estimate of drug-likeness (QED) is 0.187. The van der Waals surface area contributed by atoms with Crippen LogP contribution >= 0.6 is 0 Å². The number of nitrogens with zero attached hydrogens (tertiary/aromatic N) is 2. The zero-order chi connectivity index (χ0) is 28.7. The smallest absolute Gasteiger partial charge is 0.422 e. The molecule has 1 atom stereocenters. The number of benzene rings is 3. The number of ether oxygens (including phenoxy) is 1. The fourth-order valence-electron chi connectivity index (χ4n) is 5.02. The van der Waals surface area contributed by atoms with Crippen LogP contribution in [0.4, 0.5) is 32.0 Å². The molecule has 206 valence electrons. The molecule has 0 fully saturated rings. The first-order valence-corrected chi connectivity index (χ1v) is 12.2. The second-order valence-electron chi connectivity index (χ2n) is 9.77. The van der Waals surface area contributed by atoms with Crippen molar-refractivity contribution in [3.05, 3.63) is 113 Å². The van der Waals surface area contributed by atoms with Crippen LogP contribution in [0.3, 0.4) is 0 Å². The van der Waals surface area contributed by atoms with Gasteiger partial charge in [-0.2, -0.15) is 13.2 Å². The van der Waals surface area contributed by atoms with E-state index in [9.17, 15) is 31.1 Å². The van der Waals surface area contributed by atoms with Gasteiger partial charge in [-0.1, -0.05) is 24.3 Å². The molecular weight excluding hydrogens is 534 g/mol. The Balaban J connectivity index is 1.60. The molecule has 1 aliphatic rings. The number of carbonyl (C=O) groups excluding carboxylic acids is 1. The van der Waals surface area contributed by atoms with Crippen LogP contribution in [0.15, 0.2) is 79.1 Å². The van der Waals surface area contributed by atoms with Crippen LogP contribution in [-0.2, 0) is 23.2 Å². The summed E-state index contributed by atoms with van der Waals surface area (Å²) in [5.41, 5.74) is 1.09. The number of hydrogen-bond donors (Lipinski definition) is 0. The second kappa shape index (κ2) is 10.3. The van der Waals surface area contributed by atoms with Gasteiger partial charge in [0.05, 0.1) is 12.0 Å². The van der Waals surface area contributed by atoms with Crippen LogP contribution in [0, 0.1) is 17.5 Å². The van der Waals surface area contributed by atoms with E-state index in [1.54, 1.807) is 49.4 Å². The van der Waals surface area contributed by atoms with Crippen LogP contribution < -0.4 is 9.64 Å². The number of aromatic nitrogens is 1. The third kappa shape index (κ3) is 5.38. The Kier molecular flexibility index (Phi) is 7.03. The zero-order valence-electron chi connectivity index (χ0n) is 21.1. The van der Waals surface area contributed by atoms with Crippen molar-refractivity contribution in [2.75, 3.05) is 11.5 Å². The van der Waals surface area contributed by atoms with Crippen molar-refractivity contribution >= 4 is 11.6 Å². The minimum absolute atomic E-state index is 0.00699. The maximum Gasteiger partial charge on any atom is 0.422 e. The SMILES string of the molecule is CC1(Cc2cc(F)cc(F)c2F)C(=O)N(c2ccncc2)Cc2ccc(-c3cccc(OCC(F)(F)F)c3)cc21. The lowest BCUT2D eigenvalue weighted by Gasteiger charge is -2.41. The molecule has 0 spiro atoms. The third-order valence-corrected chi connectivity index (χ3v) is 6.91. The van der Waals surface area contributed by atoms with E-state index in [2.05, 4.69) is 4.98 Å². The Bertz CT molecular complexity index is 1570. The minimum Gasteiger partial charge on any atom is -0.484 e. The maximum absolute atomic E-state index is 14.8. The predicted molar refractivity (Wildman–Crippen MR) is 136 cm³/mol. The first-order valence-electron chi connectivity index (χ1n) is 12.2. The molecule has 0 radical (unpaired) electrons. The average molecular weight is 557 g/mol. The van der Waals surface area contributed by atoms with Crippen molar-refractivity contribution in [2.24, 2.45) is 0 Å². The van der Waals surface area contributed by atoms with Crippen molar-refractivity contribution in [2.45, 2.75) is 31.5 Å². The largest absolute Gasteiger partial charge is 0.484 e. The normalized spacial score (nSPS) is 17.1. The molecule has 4 aromatic rings. The summed E-state index contributed by atoms with van der Waals surface area (Å²) in [5.74, 6) is -4.00. The lowest BCUT2D eigenvalue weighted by atomic mass is 9.71. The fraction of sp³-hybridized carbons (Fsp3) is 0.200. The van der Waals surface area contributed by atoms with Crippen molar-refractivity contribution in [1.82, 2.24) is 4.98 Å². The number of rotatable bonds is 6. The molecule has 1 amide bonds. The molecule has 0 bridgehead atoms. The second-order valence-corrected chi connectivity index (χ2v) is 9.77. The molecule has 0 saturated carbocycles. The molecule has 3 aromatic carbocycles. The van der Waals surface area contributed by atoms with Crippen LogP contribution in [0.5, 0.6) is 5.75 Å². The van der Waals surface area contributed by atoms with Crippen LogP contribution in [-0.4, -0.2) is 23.7 Å². The minimum atomic E-state index is -4.50. The van der Waals surface area contributed by atoms with Crippen molar-refractivity contribution < 1.29 is 35.9 Å². The molecule has 4 nitrogen and oxygen atoms in total. The van der Waals surface area contributed by atoms with E-state index in [1.807, 2.05) is 0 Å². The van der Waals surface area contributed by atoms with Crippen LogP contribution in [0.25, 0.3) is 11.1 Å². The van der Waals surface area contributed by atoms with Gasteiger partial charge in [-0.05, 0) is 77.6 Å². The number of anilines is 1. The monoisotopic (exact) mass is 556 g/mol. The topological polar surface area (TPSA) is 42.4 Å². The van der Waals surface area contributed by atoms with Crippen LogP contribution in [0.1, 0.15) is 23.6 Å². The number of fused-ring (bicyclic) bond motifs is 1. The van der Waals surface area contributed by atoms with E-state index in [1.165, 1.54) is 29.4 Å². The molecule has 2 heterocycles. The molecule has 1 aliphatic heterocycles. The van der Waals surface area contributed by atoms with Gasteiger partial charge in [0.2, 0.25) is 5.91 Å². The van der Waals surface area contributed by atoms with Gasteiger partial charge in [-0.15, -0.1) is 0 Å². The Morgan fingerprint density at radius 3 is 2.40 bits per heavy atom. The summed E-state index contributed by atoms with van der Waals surface area (Å²) in [5, 5.41) is 0. The molecule has 0 aliphatic carbocycles. The maximum atomic E-state index is 14.8. The van der Waals surface area contributed by atoms with Gasteiger partial charge >= 0.3 is 6.18 Å². The number of halogens is 6. The van der Waals surface area contributed by atoms with E-state index in [4.69, 9.17) is 4.74 Å². The first-order chi connectivity index (χ1) is 18.9. The van der Waals surface area contributed by atoms with Gasteiger partial charge in [0.15, 0.2) is 18.2 Å². The van der Waals surface area contributed by atoms with Crippen LogP contribution in [0.2, 0.25) is 0 Å². The first kappa shape index (κ1) is 27.2. The lowest BCUT2D eigenvalue weighted by molar-refractivity contribution is -0.153. The molecule has 10 heteroatoms.